The van der Waals surface area contributed by atoms with E-state index in [0.717, 1.165) is 0 Å². The predicted molar refractivity (Wildman–Crippen MR) is 132 cm³/mol. The summed E-state index contributed by atoms with van der Waals surface area (Å²) >= 11 is -0.735. The summed E-state index contributed by atoms with van der Waals surface area (Å²) in [7, 11) is 0. The third-order valence-electron chi connectivity index (χ3n) is 9.48. The van der Waals surface area contributed by atoms with Gasteiger partial charge in [0.05, 0.1) is 0 Å². The Labute approximate surface area is 229 Å². The zero-order chi connectivity index (χ0) is 22.3. The number of rotatable bonds is 4. The third-order valence-corrected chi connectivity index (χ3v) is 13.3. The van der Waals surface area contributed by atoms with Crippen LogP contribution >= 0.6 is 0 Å². The molecule has 0 aliphatic heterocycles. The summed E-state index contributed by atoms with van der Waals surface area (Å²) in [5, 5.41) is 0. The second-order valence-electron chi connectivity index (χ2n) is 12.9. The van der Waals surface area contributed by atoms with Crippen molar-refractivity contribution >= 4 is 0 Å². The molecule has 2 fully saturated rings. The van der Waals surface area contributed by atoms with E-state index in [9.17, 15) is 0 Å². The van der Waals surface area contributed by atoms with Gasteiger partial charge in [-0.3, -0.25) is 0 Å². The van der Waals surface area contributed by atoms with E-state index in [-0.39, 0.29) is 24.8 Å². The summed E-state index contributed by atoms with van der Waals surface area (Å²) in [6.07, 6.45) is 27.0. The molecule has 4 aliphatic rings. The molecule has 0 nitrogen and oxygen atoms in total. The number of allylic oxidation sites excluding steroid dienone is 8. The molecule has 0 bridgehead atoms. The van der Waals surface area contributed by atoms with Crippen LogP contribution in [0.2, 0.25) is 0 Å². The van der Waals surface area contributed by atoms with E-state index in [2.05, 4.69) is 65.8 Å². The van der Waals surface area contributed by atoms with Crippen LogP contribution in [-0.4, -0.2) is 0 Å². The minimum atomic E-state index is -0.735. The van der Waals surface area contributed by atoms with Crippen LogP contribution in [0.4, 0.5) is 0 Å². The standard InChI is InChI=1S/2C15H23.2ClH.Zr/c2*1-14(2,3)15(11-7-4-8-12-15)13-9-5-6-10-13;;;/h2*5,9H,4,6-8,11-12H2,1-3H3;2*1H;/q;;;;+2/p-2. The van der Waals surface area contributed by atoms with Crippen molar-refractivity contribution in [3.63, 3.8) is 0 Å². The van der Waals surface area contributed by atoms with Crippen LogP contribution in [-0.2, 0) is 23.2 Å². The fourth-order valence-electron chi connectivity index (χ4n) is 7.48. The Morgan fingerprint density at radius 2 is 0.909 bits per heavy atom. The molecule has 33 heavy (non-hydrogen) atoms. The smallest absolute Gasteiger partial charge is 1.00 e. The van der Waals surface area contributed by atoms with E-state index < -0.39 is 23.2 Å². The Hall–Kier alpha value is 0.423. The molecule has 0 spiro atoms. The average molecular weight is 569 g/mol. The first-order valence-corrected chi connectivity index (χ1v) is 15.6. The SMILES string of the molecule is CC(C)(C)C1(C2=[C]([Zr+2][C]3=C(C4(C(C)(C)C)CCCCC4)C=CC3)CC=C2)CCCCC1.[Cl-].[Cl-]. The van der Waals surface area contributed by atoms with Gasteiger partial charge in [0.15, 0.2) is 0 Å². The molecule has 3 heteroatoms. The van der Waals surface area contributed by atoms with Gasteiger partial charge >= 0.3 is 205 Å². The summed E-state index contributed by atoms with van der Waals surface area (Å²) < 4.78 is 3.85. The molecule has 4 aliphatic carbocycles. The predicted octanol–water partition coefficient (Wildman–Crippen LogP) is 3.50. The van der Waals surface area contributed by atoms with E-state index in [0.29, 0.717) is 21.7 Å². The first-order valence-electron chi connectivity index (χ1n) is 13.2. The molecule has 4 rings (SSSR count). The van der Waals surface area contributed by atoms with Crippen LogP contribution in [0.1, 0.15) is 119 Å². The van der Waals surface area contributed by atoms with Gasteiger partial charge in [-0.1, -0.05) is 0 Å². The summed E-state index contributed by atoms with van der Waals surface area (Å²) in [4.78, 5) is 0. The van der Waals surface area contributed by atoms with Gasteiger partial charge in [-0.25, -0.2) is 0 Å². The summed E-state index contributed by atoms with van der Waals surface area (Å²) in [5.74, 6) is 0. The van der Waals surface area contributed by atoms with Crippen LogP contribution in [0.25, 0.3) is 0 Å². The van der Waals surface area contributed by atoms with Gasteiger partial charge in [0.1, 0.15) is 0 Å². The van der Waals surface area contributed by atoms with Crippen LogP contribution in [0, 0.1) is 21.7 Å². The Morgan fingerprint density at radius 1 is 0.576 bits per heavy atom. The zero-order valence-corrected chi connectivity index (χ0v) is 26.0. The fraction of sp³-hybridized carbons (Fsp3) is 0.733. The van der Waals surface area contributed by atoms with Crippen molar-refractivity contribution in [1.29, 1.82) is 0 Å². The monoisotopic (exact) mass is 566 g/mol. The molecule has 0 aromatic carbocycles. The topological polar surface area (TPSA) is 0 Å². The van der Waals surface area contributed by atoms with Crippen LogP contribution in [0.3, 0.4) is 0 Å². The zero-order valence-electron chi connectivity index (χ0n) is 22.1. The molecule has 0 saturated heterocycles. The maximum atomic E-state index is 2.59. The first kappa shape index (κ1) is 29.7. The third kappa shape index (κ3) is 5.42. The fourth-order valence-corrected chi connectivity index (χ4v) is 11.7. The van der Waals surface area contributed by atoms with Crippen molar-refractivity contribution in [3.05, 3.63) is 42.0 Å². The van der Waals surface area contributed by atoms with E-state index in [1.54, 1.807) is 0 Å². The van der Waals surface area contributed by atoms with Gasteiger partial charge in [-0.05, 0) is 0 Å². The minimum Gasteiger partial charge on any atom is -1.00 e. The molecule has 0 radical (unpaired) electrons. The largest absolute Gasteiger partial charge is 1.00 e. The minimum absolute atomic E-state index is 0. The molecular formula is C30H46Cl2Zr. The molecule has 0 atom stereocenters. The Kier molecular flexibility index (Phi) is 10.1. The molecule has 0 heterocycles. The first-order chi connectivity index (χ1) is 14.6. The summed E-state index contributed by atoms with van der Waals surface area (Å²) in [6.45, 7) is 15.2. The summed E-state index contributed by atoms with van der Waals surface area (Å²) in [6, 6.07) is 0. The van der Waals surface area contributed by atoms with Crippen molar-refractivity contribution in [2.45, 2.75) is 119 Å². The van der Waals surface area contributed by atoms with Gasteiger partial charge in [0.25, 0.3) is 0 Å². The van der Waals surface area contributed by atoms with E-state index in [4.69, 9.17) is 0 Å². The van der Waals surface area contributed by atoms with E-state index >= 15 is 0 Å². The number of halogens is 2. The second kappa shape index (κ2) is 11.2. The van der Waals surface area contributed by atoms with Gasteiger partial charge in [-0.2, -0.15) is 0 Å². The van der Waals surface area contributed by atoms with Crippen molar-refractivity contribution in [2.24, 2.45) is 21.7 Å². The quantitative estimate of drug-likeness (QED) is 0.487. The number of hydrogen-bond acceptors (Lipinski definition) is 0. The van der Waals surface area contributed by atoms with Crippen molar-refractivity contribution < 1.29 is 48.0 Å². The molecule has 0 amide bonds. The molecule has 0 aromatic rings. The van der Waals surface area contributed by atoms with Gasteiger partial charge in [0.2, 0.25) is 0 Å². The van der Waals surface area contributed by atoms with Crippen LogP contribution in [0.5, 0.6) is 0 Å². The average Bonchev–Trinajstić information content (AvgIpc) is 3.38. The second-order valence-corrected chi connectivity index (χ2v) is 16.5. The Morgan fingerprint density at radius 3 is 1.21 bits per heavy atom. The van der Waals surface area contributed by atoms with Crippen LogP contribution < -0.4 is 24.8 Å². The maximum absolute atomic E-state index is 2.59. The molecule has 2 saturated carbocycles. The van der Waals surface area contributed by atoms with Gasteiger partial charge in [-0.15, -0.1) is 0 Å². The van der Waals surface area contributed by atoms with Crippen LogP contribution in [0.15, 0.2) is 42.0 Å². The van der Waals surface area contributed by atoms with Gasteiger partial charge in [0, 0.05) is 0 Å². The molecular weight excluding hydrogens is 522 g/mol. The molecule has 0 N–H and O–H groups in total. The number of hydrogen-bond donors (Lipinski definition) is 0. The van der Waals surface area contributed by atoms with Crippen molar-refractivity contribution in [1.82, 2.24) is 0 Å². The Bertz CT molecular complexity index is 733. The molecule has 184 valence electrons. The normalized spacial score (nSPS) is 24.4. The molecule has 0 aromatic heterocycles. The maximum Gasteiger partial charge on any atom is -1.00 e. The van der Waals surface area contributed by atoms with E-state index in [1.165, 1.54) is 77.0 Å². The van der Waals surface area contributed by atoms with Crippen molar-refractivity contribution in [2.75, 3.05) is 0 Å². The summed E-state index contributed by atoms with van der Waals surface area (Å²) in [5.41, 5.74) is 5.21. The molecule has 0 unspecified atom stereocenters. The van der Waals surface area contributed by atoms with Crippen molar-refractivity contribution in [3.8, 4) is 0 Å². The van der Waals surface area contributed by atoms with E-state index in [1.807, 2.05) is 17.7 Å². The van der Waals surface area contributed by atoms with Gasteiger partial charge < -0.3 is 24.8 Å². The Balaban J connectivity index is 0.00000193.